The van der Waals surface area contributed by atoms with Gasteiger partial charge in [-0.25, -0.2) is 0 Å². The highest BCUT2D eigenvalue weighted by Crippen LogP contribution is 2.22. The molecule has 0 spiro atoms. The van der Waals surface area contributed by atoms with Gasteiger partial charge in [-0.2, -0.15) is 0 Å². The quantitative estimate of drug-likeness (QED) is 0.832. The number of nitrogens with zero attached hydrogens (tertiary/aromatic N) is 3. The predicted octanol–water partition coefficient (Wildman–Crippen LogP) is 1.08. The molecule has 0 radical (unpaired) electrons. The fraction of sp³-hybridized carbons (Fsp3) is 0.833. The number of fused-ring (bicyclic) bond motifs is 1. The highest BCUT2D eigenvalue weighted by molar-refractivity contribution is 7.99. The van der Waals surface area contributed by atoms with E-state index in [-0.39, 0.29) is 0 Å². The molecule has 100 valence electrons. The Morgan fingerprint density at radius 1 is 1.33 bits per heavy atom. The van der Waals surface area contributed by atoms with Gasteiger partial charge in [-0.1, -0.05) is 18.2 Å². The van der Waals surface area contributed by atoms with Crippen molar-refractivity contribution in [3.63, 3.8) is 0 Å². The van der Waals surface area contributed by atoms with Crippen LogP contribution in [0, 0.1) is 0 Å². The average molecular weight is 268 g/mol. The molecule has 0 bridgehead atoms. The Morgan fingerprint density at radius 3 is 3.22 bits per heavy atom. The summed E-state index contributed by atoms with van der Waals surface area (Å²) in [6.07, 6.45) is 5.19. The van der Waals surface area contributed by atoms with Crippen LogP contribution in [0.4, 0.5) is 0 Å². The second kappa shape index (κ2) is 6.04. The zero-order valence-electron chi connectivity index (χ0n) is 10.6. The van der Waals surface area contributed by atoms with Gasteiger partial charge in [-0.05, 0) is 12.8 Å². The Hall–Kier alpha value is -0.590. The Morgan fingerprint density at radius 2 is 2.33 bits per heavy atom. The summed E-state index contributed by atoms with van der Waals surface area (Å²) >= 11 is 1.78. The molecule has 3 heterocycles. The molecule has 1 atom stereocenters. The molecule has 0 aliphatic carbocycles. The smallest absolute Gasteiger partial charge is 0.191 e. The van der Waals surface area contributed by atoms with Gasteiger partial charge in [0.25, 0.3) is 0 Å². The topological polar surface area (TPSA) is 52.0 Å². The third-order valence-electron chi connectivity index (χ3n) is 3.48. The molecule has 0 saturated carbocycles. The molecule has 18 heavy (non-hydrogen) atoms. The summed E-state index contributed by atoms with van der Waals surface area (Å²) in [5.41, 5.74) is 0. The van der Waals surface area contributed by atoms with Gasteiger partial charge < -0.3 is 14.6 Å². The maximum atomic E-state index is 5.70. The third kappa shape index (κ3) is 2.87. The molecule has 6 heteroatoms. The van der Waals surface area contributed by atoms with Crippen LogP contribution in [0.15, 0.2) is 5.16 Å². The lowest BCUT2D eigenvalue weighted by molar-refractivity contribution is 0.0440. The molecule has 5 nitrogen and oxygen atoms in total. The fourth-order valence-corrected chi connectivity index (χ4v) is 3.46. The highest BCUT2D eigenvalue weighted by Gasteiger charge is 2.18. The molecule has 1 aromatic rings. The minimum atomic E-state index is 0.308. The normalized spacial score (nSPS) is 24.6. The van der Waals surface area contributed by atoms with E-state index in [1.54, 1.807) is 11.8 Å². The summed E-state index contributed by atoms with van der Waals surface area (Å²) < 4.78 is 8.00. The van der Waals surface area contributed by atoms with Gasteiger partial charge in [0.15, 0.2) is 5.16 Å². The van der Waals surface area contributed by atoms with Gasteiger partial charge >= 0.3 is 0 Å². The Labute approximate surface area is 112 Å². The van der Waals surface area contributed by atoms with Crippen LogP contribution in [-0.2, 0) is 17.7 Å². The van der Waals surface area contributed by atoms with E-state index in [4.69, 9.17) is 4.74 Å². The number of aryl methyl sites for hydroxylation is 1. The Balaban J connectivity index is 1.60. The van der Waals surface area contributed by atoms with E-state index < -0.39 is 0 Å². The van der Waals surface area contributed by atoms with Gasteiger partial charge in [-0.3, -0.25) is 0 Å². The maximum Gasteiger partial charge on any atom is 0.191 e. The van der Waals surface area contributed by atoms with Gasteiger partial charge in [0.1, 0.15) is 5.82 Å². The van der Waals surface area contributed by atoms with Crippen LogP contribution < -0.4 is 5.32 Å². The molecular formula is C12H20N4OS. The van der Waals surface area contributed by atoms with Crippen LogP contribution in [0.5, 0.6) is 0 Å². The van der Waals surface area contributed by atoms with Gasteiger partial charge in [0.2, 0.25) is 0 Å². The van der Waals surface area contributed by atoms with E-state index in [0.29, 0.717) is 6.10 Å². The van der Waals surface area contributed by atoms with E-state index in [1.807, 2.05) is 0 Å². The van der Waals surface area contributed by atoms with Crippen molar-refractivity contribution in [1.29, 1.82) is 0 Å². The standard InChI is InChI=1S/C12H20N4OS/c1-2-4-11-14-15-12(16(11)6-3-1)18-9-10-8-13-5-7-17-10/h10,13H,1-9H2. The zero-order chi connectivity index (χ0) is 12.2. The number of nitrogens with one attached hydrogen (secondary N) is 1. The first-order valence-corrected chi connectivity index (χ1v) is 7.79. The van der Waals surface area contributed by atoms with Crippen molar-refractivity contribution in [3.8, 4) is 0 Å². The van der Waals surface area contributed by atoms with Crippen molar-refractivity contribution < 1.29 is 4.74 Å². The van der Waals surface area contributed by atoms with Crippen LogP contribution in [0.1, 0.15) is 25.1 Å². The molecule has 1 aromatic heterocycles. The molecule has 0 amide bonds. The minimum absolute atomic E-state index is 0.308. The number of morpholine rings is 1. The minimum Gasteiger partial charge on any atom is -0.375 e. The molecule has 2 aliphatic rings. The van der Waals surface area contributed by atoms with E-state index in [0.717, 1.165) is 49.4 Å². The van der Waals surface area contributed by atoms with Crippen molar-refractivity contribution in [1.82, 2.24) is 20.1 Å². The second-order valence-corrected chi connectivity index (χ2v) is 5.86. The maximum absolute atomic E-state index is 5.70. The van der Waals surface area contributed by atoms with Crippen molar-refractivity contribution >= 4 is 11.8 Å². The molecule has 1 fully saturated rings. The first-order chi connectivity index (χ1) is 8.93. The summed E-state index contributed by atoms with van der Waals surface area (Å²) in [4.78, 5) is 0. The molecule has 1 N–H and O–H groups in total. The molecular weight excluding hydrogens is 248 g/mol. The predicted molar refractivity (Wildman–Crippen MR) is 70.9 cm³/mol. The summed E-state index contributed by atoms with van der Waals surface area (Å²) in [5, 5.41) is 13.1. The number of hydrogen-bond donors (Lipinski definition) is 1. The zero-order valence-corrected chi connectivity index (χ0v) is 11.4. The Kier molecular flexibility index (Phi) is 4.17. The van der Waals surface area contributed by atoms with Crippen molar-refractivity contribution in [3.05, 3.63) is 5.82 Å². The number of ether oxygens (including phenoxy) is 1. The lowest BCUT2D eigenvalue weighted by Crippen LogP contribution is -2.39. The van der Waals surface area contributed by atoms with Crippen molar-refractivity contribution in [2.24, 2.45) is 0 Å². The van der Waals surface area contributed by atoms with Crippen LogP contribution in [0.2, 0.25) is 0 Å². The number of thioether (sulfide) groups is 1. The molecule has 1 unspecified atom stereocenters. The van der Waals surface area contributed by atoms with Crippen molar-refractivity contribution in [2.75, 3.05) is 25.4 Å². The summed E-state index contributed by atoms with van der Waals surface area (Å²) in [7, 11) is 0. The van der Waals surface area contributed by atoms with E-state index >= 15 is 0 Å². The summed E-state index contributed by atoms with van der Waals surface area (Å²) in [6.45, 7) is 3.83. The van der Waals surface area contributed by atoms with Gasteiger partial charge in [-0.15, -0.1) is 10.2 Å². The Bertz CT molecular complexity index is 389. The van der Waals surface area contributed by atoms with E-state index in [1.165, 1.54) is 19.3 Å². The number of aromatic nitrogens is 3. The third-order valence-corrected chi connectivity index (χ3v) is 4.58. The average Bonchev–Trinajstić information content (AvgIpc) is 2.65. The molecule has 0 aromatic carbocycles. The van der Waals surface area contributed by atoms with Crippen LogP contribution >= 0.6 is 11.8 Å². The summed E-state index contributed by atoms with van der Waals surface area (Å²) in [5.74, 6) is 2.13. The molecule has 1 saturated heterocycles. The van der Waals surface area contributed by atoms with Crippen molar-refractivity contribution in [2.45, 2.75) is 43.5 Å². The lowest BCUT2D eigenvalue weighted by atomic mass is 10.2. The van der Waals surface area contributed by atoms with Crippen LogP contribution in [0.25, 0.3) is 0 Å². The second-order valence-electron chi connectivity index (χ2n) is 4.87. The monoisotopic (exact) mass is 268 g/mol. The fourth-order valence-electron chi connectivity index (χ4n) is 2.46. The SMILES string of the molecule is C1CCc2nnc(SCC3CNCCO3)n2CC1. The van der Waals surface area contributed by atoms with Crippen LogP contribution in [0.3, 0.4) is 0 Å². The van der Waals surface area contributed by atoms with Crippen LogP contribution in [-0.4, -0.2) is 46.3 Å². The molecule has 3 rings (SSSR count). The molecule has 2 aliphatic heterocycles. The summed E-state index contributed by atoms with van der Waals surface area (Å²) in [6, 6.07) is 0. The van der Waals surface area contributed by atoms with E-state index in [9.17, 15) is 0 Å². The highest BCUT2D eigenvalue weighted by atomic mass is 32.2. The van der Waals surface area contributed by atoms with Gasteiger partial charge in [0, 0.05) is 31.8 Å². The first kappa shape index (κ1) is 12.4. The number of rotatable bonds is 3. The largest absolute Gasteiger partial charge is 0.375 e. The first-order valence-electron chi connectivity index (χ1n) is 6.80. The lowest BCUT2D eigenvalue weighted by Gasteiger charge is -2.23. The van der Waals surface area contributed by atoms with E-state index in [2.05, 4.69) is 20.1 Å². The van der Waals surface area contributed by atoms with Gasteiger partial charge in [0.05, 0.1) is 12.7 Å². The number of hydrogen-bond acceptors (Lipinski definition) is 5.